The lowest BCUT2D eigenvalue weighted by atomic mass is 10.00. The normalized spacial score (nSPS) is 12.4. The van der Waals surface area contributed by atoms with Crippen molar-refractivity contribution >= 4 is 38.9 Å². The van der Waals surface area contributed by atoms with Crippen LogP contribution in [-0.4, -0.2) is 15.9 Å². The van der Waals surface area contributed by atoms with Gasteiger partial charge in [-0.1, -0.05) is 37.3 Å². The molecule has 0 bridgehead atoms. The zero-order valence-electron chi connectivity index (χ0n) is 14.7. The molecule has 0 saturated heterocycles. The van der Waals surface area contributed by atoms with Gasteiger partial charge in [0, 0.05) is 17.0 Å². The Bertz CT molecular complexity index is 1100. The second kappa shape index (κ2) is 6.84. The lowest BCUT2D eigenvalue weighted by Gasteiger charge is -2.14. The highest BCUT2D eigenvalue weighted by Gasteiger charge is 2.18. The van der Waals surface area contributed by atoms with Crippen LogP contribution in [-0.2, 0) is 6.42 Å². The van der Waals surface area contributed by atoms with Crippen molar-refractivity contribution in [2.45, 2.75) is 26.3 Å². The highest BCUT2D eigenvalue weighted by Crippen LogP contribution is 2.27. The fourth-order valence-electron chi connectivity index (χ4n) is 3.14. The Labute approximate surface area is 155 Å². The van der Waals surface area contributed by atoms with Crippen molar-refractivity contribution in [2.75, 3.05) is 0 Å². The maximum atomic E-state index is 13.0. The van der Waals surface area contributed by atoms with E-state index in [0.717, 1.165) is 38.8 Å². The van der Waals surface area contributed by atoms with E-state index in [1.54, 1.807) is 17.5 Å². The van der Waals surface area contributed by atoms with E-state index in [1.165, 1.54) is 0 Å². The summed E-state index contributed by atoms with van der Waals surface area (Å²) >= 11 is 1.63. The number of aromatic nitrogens is 2. The van der Waals surface area contributed by atoms with Crippen molar-refractivity contribution in [3.8, 4) is 0 Å². The van der Waals surface area contributed by atoms with Crippen LogP contribution >= 0.6 is 11.3 Å². The Morgan fingerprint density at radius 3 is 2.81 bits per heavy atom. The molecule has 0 aliphatic heterocycles. The number of carbonyl (C=O) groups is 1. The number of fused-ring (bicyclic) bond motifs is 3. The van der Waals surface area contributed by atoms with Crippen molar-refractivity contribution in [3.05, 3.63) is 70.3 Å². The molecule has 0 unspecified atom stereocenters. The zero-order chi connectivity index (χ0) is 18.1. The molecule has 0 spiro atoms. The molecule has 0 aliphatic carbocycles. The summed E-state index contributed by atoms with van der Waals surface area (Å²) in [4.78, 5) is 22.0. The van der Waals surface area contributed by atoms with Crippen molar-refractivity contribution < 1.29 is 4.79 Å². The van der Waals surface area contributed by atoms with E-state index in [-0.39, 0.29) is 11.9 Å². The first-order valence-corrected chi connectivity index (χ1v) is 9.57. The minimum absolute atomic E-state index is 0.127. The number of nitrogens with one attached hydrogen (secondary N) is 1. The van der Waals surface area contributed by atoms with Crippen LogP contribution in [0.2, 0.25) is 0 Å². The maximum absolute atomic E-state index is 13.0. The van der Waals surface area contributed by atoms with Gasteiger partial charge in [0.15, 0.2) is 0 Å². The molecule has 4 aromatic rings. The molecule has 0 saturated carbocycles. The number of rotatable bonds is 4. The van der Waals surface area contributed by atoms with Gasteiger partial charge in [-0.05, 0) is 36.2 Å². The van der Waals surface area contributed by atoms with Crippen LogP contribution in [0.4, 0.5) is 0 Å². The van der Waals surface area contributed by atoms with Gasteiger partial charge in [-0.25, -0.2) is 4.98 Å². The molecule has 0 radical (unpaired) electrons. The van der Waals surface area contributed by atoms with Crippen molar-refractivity contribution in [1.82, 2.24) is 15.3 Å². The molecule has 130 valence electrons. The van der Waals surface area contributed by atoms with Crippen LogP contribution < -0.4 is 5.32 Å². The molecular weight excluding hydrogens is 342 g/mol. The Morgan fingerprint density at radius 2 is 2.00 bits per heavy atom. The number of carbonyl (C=O) groups excluding carboxylic acids is 1. The van der Waals surface area contributed by atoms with Crippen LogP contribution in [0.1, 0.15) is 40.9 Å². The van der Waals surface area contributed by atoms with Gasteiger partial charge in [0.1, 0.15) is 0 Å². The molecule has 4 nitrogen and oxygen atoms in total. The SMILES string of the molecule is CCc1nc([C@H](C)NC(=O)c2cc3ccccc3c3cccnc23)cs1. The molecule has 26 heavy (non-hydrogen) atoms. The Kier molecular flexibility index (Phi) is 4.39. The van der Waals surface area contributed by atoms with Gasteiger partial charge < -0.3 is 5.32 Å². The van der Waals surface area contributed by atoms with Gasteiger partial charge in [-0.15, -0.1) is 11.3 Å². The standard InChI is InChI=1S/C21H19N3OS/c1-3-19-24-18(12-26-19)13(2)23-21(25)17-11-14-7-4-5-8-15(14)16-9-6-10-22-20(16)17/h4-13H,3H2,1-2H3,(H,23,25)/t13-/m0/s1. The van der Waals surface area contributed by atoms with E-state index in [9.17, 15) is 4.79 Å². The number of nitrogens with zero attached hydrogens (tertiary/aromatic N) is 2. The third-order valence-corrected chi connectivity index (χ3v) is 5.53. The van der Waals surface area contributed by atoms with Crippen molar-refractivity contribution in [1.29, 1.82) is 0 Å². The Balaban J connectivity index is 1.73. The van der Waals surface area contributed by atoms with Crippen molar-refractivity contribution in [2.24, 2.45) is 0 Å². The average molecular weight is 361 g/mol. The Morgan fingerprint density at radius 1 is 1.19 bits per heavy atom. The fourth-order valence-corrected chi connectivity index (χ4v) is 3.98. The number of hydrogen-bond donors (Lipinski definition) is 1. The maximum Gasteiger partial charge on any atom is 0.254 e. The van der Waals surface area contributed by atoms with Crippen LogP contribution in [0.25, 0.3) is 21.7 Å². The number of benzene rings is 2. The number of hydrogen-bond acceptors (Lipinski definition) is 4. The topological polar surface area (TPSA) is 54.9 Å². The van der Waals surface area contributed by atoms with E-state index in [2.05, 4.69) is 28.3 Å². The molecule has 2 heterocycles. The predicted octanol–water partition coefficient (Wildman–Crippen LogP) is 4.90. The molecule has 1 amide bonds. The molecule has 1 N–H and O–H groups in total. The van der Waals surface area contributed by atoms with Crippen LogP contribution in [0.3, 0.4) is 0 Å². The molecule has 5 heteroatoms. The van der Waals surface area contributed by atoms with Gasteiger partial charge in [0.25, 0.3) is 5.91 Å². The Hall–Kier alpha value is -2.79. The first kappa shape index (κ1) is 16.7. The monoisotopic (exact) mass is 361 g/mol. The number of thiazole rings is 1. The highest BCUT2D eigenvalue weighted by atomic mass is 32.1. The summed E-state index contributed by atoms with van der Waals surface area (Å²) < 4.78 is 0. The quantitative estimate of drug-likeness (QED) is 0.526. The second-order valence-electron chi connectivity index (χ2n) is 6.26. The van der Waals surface area contributed by atoms with Crippen LogP contribution in [0.5, 0.6) is 0 Å². The smallest absolute Gasteiger partial charge is 0.254 e. The zero-order valence-corrected chi connectivity index (χ0v) is 15.5. The minimum atomic E-state index is -0.149. The molecule has 2 aromatic carbocycles. The summed E-state index contributed by atoms with van der Waals surface area (Å²) in [5, 5.41) is 9.30. The van der Waals surface area contributed by atoms with E-state index in [4.69, 9.17) is 0 Å². The van der Waals surface area contributed by atoms with Gasteiger partial charge >= 0.3 is 0 Å². The minimum Gasteiger partial charge on any atom is -0.344 e. The van der Waals surface area contributed by atoms with E-state index in [1.807, 2.05) is 48.7 Å². The predicted molar refractivity (Wildman–Crippen MR) is 107 cm³/mol. The summed E-state index contributed by atoms with van der Waals surface area (Å²) in [7, 11) is 0. The highest BCUT2D eigenvalue weighted by molar-refractivity contribution is 7.09. The van der Waals surface area contributed by atoms with Crippen molar-refractivity contribution in [3.63, 3.8) is 0 Å². The lowest BCUT2D eigenvalue weighted by molar-refractivity contribution is 0.0941. The number of amides is 1. The fraction of sp³-hybridized carbons (Fsp3) is 0.190. The second-order valence-corrected chi connectivity index (χ2v) is 7.20. The number of aryl methyl sites for hydroxylation is 1. The first-order chi connectivity index (χ1) is 12.7. The van der Waals surface area contributed by atoms with Gasteiger partial charge in [-0.2, -0.15) is 0 Å². The van der Waals surface area contributed by atoms with Crippen LogP contribution in [0.15, 0.2) is 54.0 Å². The van der Waals surface area contributed by atoms with E-state index >= 15 is 0 Å². The summed E-state index contributed by atoms with van der Waals surface area (Å²) in [5.41, 5.74) is 2.22. The third-order valence-electron chi connectivity index (χ3n) is 4.52. The molecular formula is C21H19N3OS. The van der Waals surface area contributed by atoms with E-state index < -0.39 is 0 Å². The third kappa shape index (κ3) is 2.95. The molecule has 0 aliphatic rings. The molecule has 0 fully saturated rings. The van der Waals surface area contributed by atoms with Crippen LogP contribution in [0, 0.1) is 0 Å². The first-order valence-electron chi connectivity index (χ1n) is 8.69. The lowest BCUT2D eigenvalue weighted by Crippen LogP contribution is -2.27. The molecule has 4 rings (SSSR count). The molecule has 1 atom stereocenters. The number of pyridine rings is 1. The summed E-state index contributed by atoms with van der Waals surface area (Å²) in [6.45, 7) is 4.04. The largest absolute Gasteiger partial charge is 0.344 e. The van der Waals surface area contributed by atoms with Gasteiger partial charge in [0.2, 0.25) is 0 Å². The van der Waals surface area contributed by atoms with Gasteiger partial charge in [0.05, 0.1) is 27.8 Å². The van der Waals surface area contributed by atoms with Gasteiger partial charge in [-0.3, -0.25) is 9.78 Å². The summed E-state index contributed by atoms with van der Waals surface area (Å²) in [5.74, 6) is -0.127. The molecule has 2 aromatic heterocycles. The summed E-state index contributed by atoms with van der Waals surface area (Å²) in [6, 6.07) is 13.8. The summed E-state index contributed by atoms with van der Waals surface area (Å²) in [6.07, 6.45) is 2.63. The van der Waals surface area contributed by atoms with E-state index in [0.29, 0.717) is 5.56 Å². The average Bonchev–Trinajstić information content (AvgIpc) is 3.17.